The summed E-state index contributed by atoms with van der Waals surface area (Å²) in [4.78, 5) is 26.5. The molecule has 0 spiro atoms. The number of nitrogens with zero attached hydrogens (tertiary/aromatic N) is 4. The lowest BCUT2D eigenvalue weighted by molar-refractivity contribution is 0.0945. The molecule has 1 amide bonds. The molecule has 1 heterocycles. The molecule has 0 radical (unpaired) electrons. The zero-order valence-electron chi connectivity index (χ0n) is 19.9. The Morgan fingerprint density at radius 2 is 1.35 bits per heavy atom. The molecule has 7 heteroatoms. The number of aliphatic hydroxyl groups excluding tert-OH is 1. The summed E-state index contributed by atoms with van der Waals surface area (Å²) < 4.78 is 0. The van der Waals surface area contributed by atoms with E-state index in [0.717, 1.165) is 33.9 Å². The standard InChI is InChI=1S/C27H29N5O2/c1-31(2)21-9-5-7-18(15-21)25-26(19-8-6-10-22(16-19)32(3)4)30-24-17-20(11-12-23(24)29-25)27(34)28-13-14-33/h5-12,15-17,33H,13-14H2,1-4H3,(H,28,34). The predicted octanol–water partition coefficient (Wildman–Crippen LogP) is 3.82. The van der Waals surface area contributed by atoms with Crippen molar-refractivity contribution in [2.45, 2.75) is 0 Å². The van der Waals surface area contributed by atoms with Gasteiger partial charge in [-0.15, -0.1) is 0 Å². The fourth-order valence-corrected chi connectivity index (χ4v) is 3.73. The van der Waals surface area contributed by atoms with Crippen LogP contribution in [0.4, 0.5) is 11.4 Å². The molecule has 1 aromatic heterocycles. The summed E-state index contributed by atoms with van der Waals surface area (Å²) >= 11 is 0. The molecule has 0 unspecified atom stereocenters. The summed E-state index contributed by atoms with van der Waals surface area (Å²) in [5, 5.41) is 11.7. The molecule has 4 rings (SSSR count). The molecule has 7 nitrogen and oxygen atoms in total. The SMILES string of the molecule is CN(C)c1cccc(-c2nc3ccc(C(=O)NCCO)cc3nc2-c2cccc(N(C)C)c2)c1. The van der Waals surface area contributed by atoms with Crippen molar-refractivity contribution >= 4 is 28.3 Å². The van der Waals surface area contributed by atoms with Crippen molar-refractivity contribution in [2.24, 2.45) is 0 Å². The fraction of sp³-hybridized carbons (Fsp3) is 0.222. The van der Waals surface area contributed by atoms with Gasteiger partial charge < -0.3 is 20.2 Å². The van der Waals surface area contributed by atoms with Crippen molar-refractivity contribution in [2.75, 3.05) is 51.1 Å². The maximum absolute atomic E-state index is 12.4. The first-order valence-corrected chi connectivity index (χ1v) is 11.1. The van der Waals surface area contributed by atoms with Crippen molar-refractivity contribution in [3.05, 3.63) is 72.3 Å². The molecule has 0 saturated carbocycles. The van der Waals surface area contributed by atoms with E-state index in [0.29, 0.717) is 16.6 Å². The van der Waals surface area contributed by atoms with Crippen LogP contribution < -0.4 is 15.1 Å². The summed E-state index contributed by atoms with van der Waals surface area (Å²) in [7, 11) is 8.03. The van der Waals surface area contributed by atoms with Gasteiger partial charge in [0.15, 0.2) is 0 Å². The van der Waals surface area contributed by atoms with Gasteiger partial charge in [-0.1, -0.05) is 24.3 Å². The van der Waals surface area contributed by atoms with Crippen LogP contribution in [-0.2, 0) is 0 Å². The number of rotatable bonds is 7. The van der Waals surface area contributed by atoms with Crippen LogP contribution in [0, 0.1) is 0 Å². The lowest BCUT2D eigenvalue weighted by Gasteiger charge is -2.17. The van der Waals surface area contributed by atoms with Gasteiger partial charge in [0.25, 0.3) is 5.91 Å². The Labute approximate surface area is 199 Å². The number of hydrogen-bond donors (Lipinski definition) is 2. The maximum atomic E-state index is 12.4. The molecule has 2 N–H and O–H groups in total. The van der Waals surface area contributed by atoms with Gasteiger partial charge in [0.2, 0.25) is 0 Å². The van der Waals surface area contributed by atoms with E-state index in [1.165, 1.54) is 0 Å². The first-order chi connectivity index (χ1) is 16.4. The van der Waals surface area contributed by atoms with Gasteiger partial charge in [0, 0.05) is 62.8 Å². The smallest absolute Gasteiger partial charge is 0.251 e. The van der Waals surface area contributed by atoms with Gasteiger partial charge in [-0.05, 0) is 42.5 Å². The highest BCUT2D eigenvalue weighted by molar-refractivity contribution is 5.98. The normalized spacial score (nSPS) is 10.9. The van der Waals surface area contributed by atoms with Crippen LogP contribution in [0.2, 0.25) is 0 Å². The van der Waals surface area contributed by atoms with Crippen LogP contribution in [0.1, 0.15) is 10.4 Å². The molecule has 3 aromatic carbocycles. The summed E-state index contributed by atoms with van der Waals surface area (Å²) in [6.45, 7) is 0.0904. The average Bonchev–Trinajstić information content (AvgIpc) is 2.86. The molecule has 0 aliphatic rings. The van der Waals surface area contributed by atoms with Crippen LogP contribution in [0.25, 0.3) is 33.5 Å². The van der Waals surface area contributed by atoms with Crippen LogP contribution in [0.5, 0.6) is 0 Å². The first-order valence-electron chi connectivity index (χ1n) is 11.1. The first kappa shape index (κ1) is 23.2. The van der Waals surface area contributed by atoms with Gasteiger partial charge in [0.05, 0.1) is 29.0 Å². The lowest BCUT2D eigenvalue weighted by atomic mass is 10.0. The average molecular weight is 456 g/mol. The number of carbonyl (C=O) groups is 1. The molecule has 34 heavy (non-hydrogen) atoms. The highest BCUT2D eigenvalue weighted by Crippen LogP contribution is 2.34. The largest absolute Gasteiger partial charge is 0.395 e. The van der Waals surface area contributed by atoms with Gasteiger partial charge in [-0.3, -0.25) is 4.79 Å². The Morgan fingerprint density at radius 1 is 0.794 bits per heavy atom. The van der Waals surface area contributed by atoms with E-state index in [4.69, 9.17) is 15.1 Å². The van der Waals surface area contributed by atoms with Crippen molar-refractivity contribution in [3.8, 4) is 22.5 Å². The van der Waals surface area contributed by atoms with Gasteiger partial charge in [-0.2, -0.15) is 0 Å². The molecule has 0 atom stereocenters. The van der Waals surface area contributed by atoms with Crippen molar-refractivity contribution < 1.29 is 9.90 Å². The molecule has 0 aliphatic carbocycles. The highest BCUT2D eigenvalue weighted by atomic mass is 16.3. The summed E-state index contributed by atoms with van der Waals surface area (Å²) in [5.41, 5.74) is 7.39. The quantitative estimate of drug-likeness (QED) is 0.441. The highest BCUT2D eigenvalue weighted by Gasteiger charge is 2.16. The number of carbonyl (C=O) groups excluding carboxylic acids is 1. The lowest BCUT2D eigenvalue weighted by Crippen LogP contribution is -2.26. The second-order valence-electron chi connectivity index (χ2n) is 8.49. The molecular weight excluding hydrogens is 426 g/mol. The van der Waals surface area contributed by atoms with E-state index in [9.17, 15) is 4.79 Å². The van der Waals surface area contributed by atoms with Gasteiger partial charge in [-0.25, -0.2) is 9.97 Å². The van der Waals surface area contributed by atoms with Crippen molar-refractivity contribution in [3.63, 3.8) is 0 Å². The summed E-state index contributed by atoms with van der Waals surface area (Å²) in [5.74, 6) is -0.253. The Balaban J connectivity index is 1.92. The number of benzene rings is 3. The van der Waals surface area contributed by atoms with Crippen LogP contribution in [-0.4, -0.2) is 62.3 Å². The van der Waals surface area contributed by atoms with E-state index in [-0.39, 0.29) is 19.1 Å². The van der Waals surface area contributed by atoms with Crippen LogP contribution >= 0.6 is 0 Å². The molecule has 4 aromatic rings. The molecule has 0 fully saturated rings. The number of amides is 1. The van der Waals surface area contributed by atoms with Gasteiger partial charge >= 0.3 is 0 Å². The van der Waals surface area contributed by atoms with Crippen molar-refractivity contribution in [1.82, 2.24) is 15.3 Å². The van der Waals surface area contributed by atoms with E-state index >= 15 is 0 Å². The second kappa shape index (κ2) is 9.89. The minimum absolute atomic E-state index is 0.110. The number of hydrogen-bond acceptors (Lipinski definition) is 6. The third-order valence-electron chi connectivity index (χ3n) is 5.60. The monoisotopic (exact) mass is 455 g/mol. The maximum Gasteiger partial charge on any atom is 0.251 e. The minimum Gasteiger partial charge on any atom is -0.395 e. The van der Waals surface area contributed by atoms with Gasteiger partial charge in [0.1, 0.15) is 0 Å². The van der Waals surface area contributed by atoms with Crippen molar-refractivity contribution in [1.29, 1.82) is 0 Å². The predicted molar refractivity (Wildman–Crippen MR) is 138 cm³/mol. The number of aliphatic hydroxyl groups is 1. The molecule has 0 aliphatic heterocycles. The van der Waals surface area contributed by atoms with Crippen LogP contribution in [0.3, 0.4) is 0 Å². The molecule has 0 bridgehead atoms. The fourth-order valence-electron chi connectivity index (χ4n) is 3.73. The number of nitrogens with one attached hydrogen (secondary N) is 1. The molecule has 174 valence electrons. The second-order valence-corrected chi connectivity index (χ2v) is 8.49. The Morgan fingerprint density at radius 3 is 1.88 bits per heavy atom. The third-order valence-corrected chi connectivity index (χ3v) is 5.60. The number of anilines is 2. The van der Waals surface area contributed by atoms with Crippen LogP contribution in [0.15, 0.2) is 66.7 Å². The summed E-state index contributed by atoms with van der Waals surface area (Å²) in [6.07, 6.45) is 0. The third kappa shape index (κ3) is 4.84. The Hall–Kier alpha value is -3.97. The number of fused-ring (bicyclic) bond motifs is 1. The summed E-state index contributed by atoms with van der Waals surface area (Å²) in [6, 6.07) is 21.7. The Kier molecular flexibility index (Phi) is 6.75. The zero-order valence-corrected chi connectivity index (χ0v) is 19.9. The molecular formula is C27H29N5O2. The van der Waals surface area contributed by atoms with E-state index in [2.05, 4.69) is 28.4 Å². The Bertz CT molecular complexity index is 1330. The van der Waals surface area contributed by atoms with E-state index < -0.39 is 0 Å². The zero-order chi connectivity index (χ0) is 24.2. The van der Waals surface area contributed by atoms with E-state index in [1.807, 2.05) is 69.5 Å². The molecule has 0 saturated heterocycles. The van der Waals surface area contributed by atoms with E-state index in [1.54, 1.807) is 12.1 Å². The topological polar surface area (TPSA) is 81.6 Å². The minimum atomic E-state index is -0.253. The number of aromatic nitrogens is 2.